The van der Waals surface area contributed by atoms with Gasteiger partial charge >= 0.3 is 0 Å². The van der Waals surface area contributed by atoms with Crippen LogP contribution in [0.4, 0.5) is 15.8 Å². The fourth-order valence-corrected chi connectivity index (χ4v) is 2.77. The Bertz CT molecular complexity index is 894. The highest BCUT2D eigenvalue weighted by Gasteiger charge is 2.31. The number of carbonyl (C=O) groups excluding carboxylic acids is 2. The number of halogens is 1. The first-order valence-corrected chi connectivity index (χ1v) is 8.19. The van der Waals surface area contributed by atoms with Crippen molar-refractivity contribution in [2.75, 3.05) is 16.8 Å². The van der Waals surface area contributed by atoms with E-state index in [1.165, 1.54) is 18.2 Å². The van der Waals surface area contributed by atoms with Crippen molar-refractivity contribution in [3.8, 4) is 5.75 Å². The standard InChI is InChI=1S/C20H19FN2O3/c1-12(2)11-23-17-9-8-14(10-18(17)26-13(3)20(23)25)22-19(24)15-6-4-5-7-16(15)21/h4-10,13H,1,11H2,2-3H3,(H,22,24). The van der Waals surface area contributed by atoms with Gasteiger partial charge in [-0.2, -0.15) is 0 Å². The number of amides is 2. The van der Waals surface area contributed by atoms with Crippen LogP contribution in [0.1, 0.15) is 24.2 Å². The third kappa shape index (κ3) is 3.44. The van der Waals surface area contributed by atoms with Crippen LogP contribution in [0.3, 0.4) is 0 Å². The van der Waals surface area contributed by atoms with Gasteiger partial charge in [0.15, 0.2) is 6.10 Å². The van der Waals surface area contributed by atoms with Crippen molar-refractivity contribution in [3.63, 3.8) is 0 Å². The Labute approximate surface area is 151 Å². The molecule has 1 atom stereocenters. The molecular weight excluding hydrogens is 335 g/mol. The number of ether oxygens (including phenoxy) is 1. The summed E-state index contributed by atoms with van der Waals surface area (Å²) in [6, 6.07) is 10.7. The van der Waals surface area contributed by atoms with Crippen molar-refractivity contribution in [1.82, 2.24) is 0 Å². The number of nitrogens with one attached hydrogen (secondary N) is 1. The fourth-order valence-electron chi connectivity index (χ4n) is 2.77. The van der Waals surface area contributed by atoms with Crippen LogP contribution in [0.15, 0.2) is 54.6 Å². The molecule has 5 nitrogen and oxygen atoms in total. The van der Waals surface area contributed by atoms with Crippen LogP contribution in [0.5, 0.6) is 5.75 Å². The molecule has 6 heteroatoms. The first kappa shape index (κ1) is 17.7. The van der Waals surface area contributed by atoms with E-state index in [1.54, 1.807) is 36.1 Å². The smallest absolute Gasteiger partial charge is 0.268 e. The van der Waals surface area contributed by atoms with E-state index in [2.05, 4.69) is 11.9 Å². The first-order chi connectivity index (χ1) is 12.4. The summed E-state index contributed by atoms with van der Waals surface area (Å²) in [6.07, 6.45) is -0.639. The van der Waals surface area contributed by atoms with E-state index in [-0.39, 0.29) is 11.5 Å². The molecule has 0 aromatic heterocycles. The second kappa shape index (κ2) is 7.00. The van der Waals surface area contributed by atoms with Crippen molar-refractivity contribution in [1.29, 1.82) is 0 Å². The number of rotatable bonds is 4. The van der Waals surface area contributed by atoms with Gasteiger partial charge in [-0.15, -0.1) is 0 Å². The molecule has 0 saturated heterocycles. The van der Waals surface area contributed by atoms with Crippen LogP contribution in [0, 0.1) is 5.82 Å². The van der Waals surface area contributed by atoms with Gasteiger partial charge in [-0.25, -0.2) is 4.39 Å². The highest BCUT2D eigenvalue weighted by Crippen LogP contribution is 2.36. The second-order valence-corrected chi connectivity index (χ2v) is 6.26. The molecule has 0 radical (unpaired) electrons. The number of benzene rings is 2. The van der Waals surface area contributed by atoms with Crippen LogP contribution in [0.25, 0.3) is 0 Å². The Morgan fingerprint density at radius 2 is 2.04 bits per heavy atom. The SMILES string of the molecule is C=C(C)CN1C(=O)C(C)Oc2cc(NC(=O)c3ccccc3F)ccc21. The lowest BCUT2D eigenvalue weighted by Crippen LogP contribution is -2.45. The lowest BCUT2D eigenvalue weighted by molar-refractivity contribution is -0.125. The minimum atomic E-state index is -0.639. The molecular formula is C20H19FN2O3. The van der Waals surface area contributed by atoms with E-state index in [9.17, 15) is 14.0 Å². The highest BCUT2D eigenvalue weighted by atomic mass is 19.1. The maximum atomic E-state index is 13.7. The molecule has 1 unspecified atom stereocenters. The molecule has 1 N–H and O–H groups in total. The van der Waals surface area contributed by atoms with Gasteiger partial charge in [-0.1, -0.05) is 24.3 Å². The minimum absolute atomic E-state index is 0.0430. The summed E-state index contributed by atoms with van der Waals surface area (Å²) in [4.78, 5) is 26.2. The van der Waals surface area contributed by atoms with E-state index in [0.29, 0.717) is 23.7 Å². The number of hydrogen-bond donors (Lipinski definition) is 1. The Hall–Kier alpha value is -3.15. The van der Waals surface area contributed by atoms with Gasteiger partial charge < -0.3 is 15.0 Å². The average molecular weight is 354 g/mol. The van der Waals surface area contributed by atoms with Crippen LogP contribution in [-0.2, 0) is 4.79 Å². The number of nitrogens with zero attached hydrogens (tertiary/aromatic N) is 1. The van der Waals surface area contributed by atoms with Crippen LogP contribution in [-0.4, -0.2) is 24.5 Å². The molecule has 1 heterocycles. The topological polar surface area (TPSA) is 58.6 Å². The average Bonchev–Trinajstić information content (AvgIpc) is 2.59. The van der Waals surface area contributed by atoms with Crippen molar-refractivity contribution in [2.45, 2.75) is 20.0 Å². The van der Waals surface area contributed by atoms with E-state index >= 15 is 0 Å². The molecule has 1 aliphatic rings. The lowest BCUT2D eigenvalue weighted by atomic mass is 10.1. The molecule has 0 bridgehead atoms. The zero-order chi connectivity index (χ0) is 18.8. The van der Waals surface area contributed by atoms with Crippen molar-refractivity contribution in [3.05, 3.63) is 66.0 Å². The molecule has 134 valence electrons. The van der Waals surface area contributed by atoms with E-state index in [1.807, 2.05) is 6.92 Å². The maximum Gasteiger partial charge on any atom is 0.268 e. The molecule has 1 aliphatic heterocycles. The van der Waals surface area contributed by atoms with Crippen molar-refractivity contribution in [2.24, 2.45) is 0 Å². The Kier molecular flexibility index (Phi) is 4.75. The van der Waals surface area contributed by atoms with Crippen molar-refractivity contribution >= 4 is 23.2 Å². The monoisotopic (exact) mass is 354 g/mol. The van der Waals surface area contributed by atoms with Gasteiger partial charge in [0.2, 0.25) is 0 Å². The molecule has 2 aromatic carbocycles. The normalized spacial score (nSPS) is 15.9. The van der Waals surface area contributed by atoms with E-state index < -0.39 is 17.8 Å². The molecule has 0 aliphatic carbocycles. The summed E-state index contributed by atoms with van der Waals surface area (Å²) in [6.45, 7) is 7.75. The van der Waals surface area contributed by atoms with Gasteiger partial charge in [-0.05, 0) is 38.1 Å². The van der Waals surface area contributed by atoms with Gasteiger partial charge in [0.05, 0.1) is 11.3 Å². The van der Waals surface area contributed by atoms with Crippen LogP contribution in [0.2, 0.25) is 0 Å². The Balaban J connectivity index is 1.88. The fraction of sp³-hybridized carbons (Fsp3) is 0.200. The van der Waals surface area contributed by atoms with E-state index in [4.69, 9.17) is 4.74 Å². The number of hydrogen-bond acceptors (Lipinski definition) is 3. The Morgan fingerprint density at radius 1 is 1.31 bits per heavy atom. The maximum absolute atomic E-state index is 13.7. The summed E-state index contributed by atoms with van der Waals surface area (Å²) in [5, 5.41) is 2.65. The quantitative estimate of drug-likeness (QED) is 0.851. The number of anilines is 2. The summed E-state index contributed by atoms with van der Waals surface area (Å²) >= 11 is 0. The lowest BCUT2D eigenvalue weighted by Gasteiger charge is -2.33. The number of carbonyl (C=O) groups is 2. The van der Waals surface area contributed by atoms with Gasteiger partial charge in [0.25, 0.3) is 11.8 Å². The predicted octanol–water partition coefficient (Wildman–Crippen LogP) is 3.77. The molecule has 2 amide bonds. The zero-order valence-corrected chi connectivity index (χ0v) is 14.6. The largest absolute Gasteiger partial charge is 0.479 e. The van der Waals surface area contributed by atoms with Gasteiger partial charge in [0, 0.05) is 18.3 Å². The summed E-state index contributed by atoms with van der Waals surface area (Å²) in [5.74, 6) is -0.818. The van der Waals surface area contributed by atoms with Crippen molar-refractivity contribution < 1.29 is 18.7 Å². The van der Waals surface area contributed by atoms with Crippen LogP contribution >= 0.6 is 0 Å². The predicted molar refractivity (Wildman–Crippen MR) is 98.1 cm³/mol. The summed E-state index contributed by atoms with van der Waals surface area (Å²) in [7, 11) is 0. The van der Waals surface area contributed by atoms with Gasteiger partial charge in [-0.3, -0.25) is 9.59 Å². The molecule has 0 spiro atoms. The second-order valence-electron chi connectivity index (χ2n) is 6.26. The van der Waals surface area contributed by atoms with Crippen LogP contribution < -0.4 is 15.0 Å². The molecule has 0 fully saturated rings. The summed E-state index contributed by atoms with van der Waals surface area (Å²) < 4.78 is 19.4. The zero-order valence-electron chi connectivity index (χ0n) is 14.6. The number of fused-ring (bicyclic) bond motifs is 1. The molecule has 26 heavy (non-hydrogen) atoms. The third-order valence-electron chi connectivity index (χ3n) is 3.97. The van der Waals surface area contributed by atoms with Gasteiger partial charge in [0.1, 0.15) is 11.6 Å². The molecule has 2 aromatic rings. The molecule has 3 rings (SSSR count). The first-order valence-electron chi connectivity index (χ1n) is 8.19. The third-order valence-corrected chi connectivity index (χ3v) is 3.97. The minimum Gasteiger partial charge on any atom is -0.479 e. The molecule has 0 saturated carbocycles. The van der Waals surface area contributed by atoms with E-state index in [0.717, 1.165) is 5.57 Å². The summed E-state index contributed by atoms with van der Waals surface area (Å²) in [5.41, 5.74) is 1.86. The Morgan fingerprint density at radius 3 is 2.73 bits per heavy atom. The highest BCUT2D eigenvalue weighted by molar-refractivity contribution is 6.05.